The zero-order valence-corrected chi connectivity index (χ0v) is 14.2. The molecule has 1 aromatic carbocycles. The van der Waals surface area contributed by atoms with Gasteiger partial charge in [0.1, 0.15) is 6.61 Å². The number of amides is 2. The summed E-state index contributed by atoms with van der Waals surface area (Å²) >= 11 is 0. The second kappa shape index (κ2) is 7.81. The number of hydrogen-bond acceptors (Lipinski definition) is 5. The van der Waals surface area contributed by atoms with Crippen molar-refractivity contribution in [2.24, 2.45) is 4.99 Å². The van der Waals surface area contributed by atoms with E-state index in [0.29, 0.717) is 5.90 Å². The minimum Gasteiger partial charge on any atom is -0.464 e. The van der Waals surface area contributed by atoms with Gasteiger partial charge in [-0.15, -0.1) is 0 Å². The van der Waals surface area contributed by atoms with Gasteiger partial charge in [-0.1, -0.05) is 30.3 Å². The lowest BCUT2D eigenvalue weighted by molar-refractivity contribution is -0.128. The van der Waals surface area contributed by atoms with Crippen LogP contribution in [0.3, 0.4) is 0 Å². The number of rotatable bonds is 5. The van der Waals surface area contributed by atoms with Crippen molar-refractivity contribution in [3.63, 3.8) is 0 Å². The van der Waals surface area contributed by atoms with Gasteiger partial charge >= 0.3 is 6.09 Å². The predicted molar refractivity (Wildman–Crippen MR) is 89.7 cm³/mol. The molecule has 1 atom stereocenters. The van der Waals surface area contributed by atoms with Gasteiger partial charge in [-0.2, -0.15) is 0 Å². The number of hydrogen-bond donors (Lipinski definition) is 2. The number of alkyl carbamates (subject to hydrolysis) is 1. The molecule has 2 rings (SSSR count). The molecule has 0 bridgehead atoms. The van der Waals surface area contributed by atoms with Crippen LogP contribution in [0.15, 0.2) is 35.3 Å². The van der Waals surface area contributed by atoms with Crippen molar-refractivity contribution in [1.29, 1.82) is 0 Å². The van der Waals surface area contributed by atoms with Crippen molar-refractivity contribution >= 4 is 17.9 Å². The van der Waals surface area contributed by atoms with E-state index in [1.807, 2.05) is 51.1 Å². The highest BCUT2D eigenvalue weighted by molar-refractivity contribution is 5.90. The molecule has 1 heterocycles. The summed E-state index contributed by atoms with van der Waals surface area (Å²) < 4.78 is 10.5. The van der Waals surface area contributed by atoms with Gasteiger partial charge in [0.15, 0.2) is 6.10 Å². The molecule has 24 heavy (non-hydrogen) atoms. The summed E-state index contributed by atoms with van der Waals surface area (Å²) in [7, 11) is 0. The number of ether oxygens (including phenoxy) is 2. The fourth-order valence-corrected chi connectivity index (χ4v) is 2.03. The van der Waals surface area contributed by atoms with Crippen LogP contribution in [0.4, 0.5) is 4.79 Å². The van der Waals surface area contributed by atoms with E-state index >= 15 is 0 Å². The van der Waals surface area contributed by atoms with Gasteiger partial charge < -0.3 is 20.1 Å². The summed E-state index contributed by atoms with van der Waals surface area (Å²) in [5.74, 6) is 0.105. The van der Waals surface area contributed by atoms with Gasteiger partial charge in [0.2, 0.25) is 5.90 Å². The topological polar surface area (TPSA) is 89.0 Å². The van der Waals surface area contributed by atoms with Gasteiger partial charge in [0, 0.05) is 5.54 Å². The van der Waals surface area contributed by atoms with E-state index in [1.54, 1.807) is 0 Å². The number of carbonyl (C=O) groups is 2. The molecular formula is C17H23N3O4. The van der Waals surface area contributed by atoms with Crippen LogP contribution in [0.25, 0.3) is 0 Å². The first kappa shape index (κ1) is 17.8. The Labute approximate surface area is 141 Å². The number of aliphatic imine (C=N–C) groups is 1. The van der Waals surface area contributed by atoms with E-state index in [4.69, 9.17) is 9.47 Å². The van der Waals surface area contributed by atoms with Crippen LogP contribution in [0, 0.1) is 0 Å². The molecule has 1 aliphatic heterocycles. The Hall–Kier alpha value is -2.57. The minimum atomic E-state index is -0.652. The molecule has 1 aromatic rings. The van der Waals surface area contributed by atoms with Crippen LogP contribution >= 0.6 is 0 Å². The third kappa shape index (κ3) is 5.91. The van der Waals surface area contributed by atoms with Crippen molar-refractivity contribution in [3.05, 3.63) is 35.9 Å². The first-order valence-electron chi connectivity index (χ1n) is 7.80. The fraction of sp³-hybridized carbons (Fsp3) is 0.471. The van der Waals surface area contributed by atoms with Crippen molar-refractivity contribution < 1.29 is 19.1 Å². The van der Waals surface area contributed by atoms with Gasteiger partial charge in [0.25, 0.3) is 5.91 Å². The van der Waals surface area contributed by atoms with E-state index < -0.39 is 12.2 Å². The van der Waals surface area contributed by atoms with Crippen molar-refractivity contribution in [2.45, 2.75) is 39.0 Å². The Morgan fingerprint density at radius 3 is 2.67 bits per heavy atom. The minimum absolute atomic E-state index is 0.0902. The summed E-state index contributed by atoms with van der Waals surface area (Å²) in [5, 5.41) is 5.39. The summed E-state index contributed by atoms with van der Waals surface area (Å²) in [4.78, 5) is 27.8. The summed E-state index contributed by atoms with van der Waals surface area (Å²) in [6, 6.07) is 9.39. The molecule has 0 fully saturated rings. The van der Waals surface area contributed by atoms with Crippen molar-refractivity contribution in [3.8, 4) is 0 Å². The molecule has 0 aromatic heterocycles. The molecule has 0 saturated heterocycles. The molecule has 0 radical (unpaired) electrons. The van der Waals surface area contributed by atoms with E-state index in [2.05, 4.69) is 15.6 Å². The van der Waals surface area contributed by atoms with Crippen LogP contribution in [0.5, 0.6) is 0 Å². The average molecular weight is 333 g/mol. The Kier molecular flexibility index (Phi) is 5.78. The Bertz CT molecular complexity index is 608. The standard InChI is InChI=1S/C17H23N3O4/c1-17(2,3)20-15(21)13-9-18-14(24-13)10-19-16(22)23-11-12-7-5-4-6-8-12/h4-8,13H,9-11H2,1-3H3,(H,19,22)(H,20,21). The van der Waals surface area contributed by atoms with Gasteiger partial charge in [-0.05, 0) is 26.3 Å². The molecule has 0 aliphatic carbocycles. The number of carbonyl (C=O) groups excluding carboxylic acids is 2. The quantitative estimate of drug-likeness (QED) is 0.857. The first-order chi connectivity index (χ1) is 11.3. The lowest BCUT2D eigenvalue weighted by Gasteiger charge is -2.22. The highest BCUT2D eigenvalue weighted by atomic mass is 16.5. The largest absolute Gasteiger partial charge is 0.464 e. The molecule has 7 heteroatoms. The molecular weight excluding hydrogens is 310 g/mol. The molecule has 2 amide bonds. The highest BCUT2D eigenvalue weighted by Crippen LogP contribution is 2.08. The van der Waals surface area contributed by atoms with Crippen LogP contribution < -0.4 is 10.6 Å². The maximum absolute atomic E-state index is 12.0. The average Bonchev–Trinajstić information content (AvgIpc) is 2.99. The van der Waals surface area contributed by atoms with Gasteiger partial charge in [0.05, 0.1) is 13.1 Å². The molecule has 0 spiro atoms. The van der Waals surface area contributed by atoms with Crippen LogP contribution in [0.1, 0.15) is 26.3 Å². The van der Waals surface area contributed by atoms with Crippen molar-refractivity contribution in [2.75, 3.05) is 13.1 Å². The molecule has 130 valence electrons. The summed E-state index contributed by atoms with van der Waals surface area (Å²) in [5.41, 5.74) is 0.573. The molecule has 0 saturated carbocycles. The Morgan fingerprint density at radius 1 is 1.29 bits per heavy atom. The smallest absolute Gasteiger partial charge is 0.407 e. The summed E-state index contributed by atoms with van der Waals surface area (Å²) in [6.45, 7) is 6.21. The van der Waals surface area contributed by atoms with Crippen LogP contribution in [-0.2, 0) is 20.9 Å². The van der Waals surface area contributed by atoms with Crippen molar-refractivity contribution in [1.82, 2.24) is 10.6 Å². The molecule has 1 unspecified atom stereocenters. The maximum atomic E-state index is 12.0. The second-order valence-electron chi connectivity index (χ2n) is 6.50. The Balaban J connectivity index is 1.68. The third-order valence-corrected chi connectivity index (χ3v) is 3.10. The van der Waals surface area contributed by atoms with Gasteiger partial charge in [-0.3, -0.25) is 4.79 Å². The SMILES string of the molecule is CC(C)(C)NC(=O)C1CN=C(CNC(=O)OCc2ccccc2)O1. The molecule has 7 nitrogen and oxygen atoms in total. The fourth-order valence-electron chi connectivity index (χ4n) is 2.03. The predicted octanol–water partition coefficient (Wildman–Crippen LogP) is 1.62. The monoisotopic (exact) mass is 333 g/mol. The number of nitrogens with one attached hydrogen (secondary N) is 2. The molecule has 2 N–H and O–H groups in total. The van der Waals surface area contributed by atoms with E-state index in [1.165, 1.54) is 0 Å². The maximum Gasteiger partial charge on any atom is 0.407 e. The van der Waals surface area contributed by atoms with E-state index in [0.717, 1.165) is 5.56 Å². The first-order valence-corrected chi connectivity index (χ1v) is 7.80. The zero-order valence-electron chi connectivity index (χ0n) is 14.2. The third-order valence-electron chi connectivity index (χ3n) is 3.10. The van der Waals surface area contributed by atoms with E-state index in [9.17, 15) is 9.59 Å². The van der Waals surface area contributed by atoms with Crippen LogP contribution in [-0.4, -0.2) is 42.6 Å². The van der Waals surface area contributed by atoms with E-state index in [-0.39, 0.29) is 31.1 Å². The highest BCUT2D eigenvalue weighted by Gasteiger charge is 2.29. The van der Waals surface area contributed by atoms with Crippen LogP contribution in [0.2, 0.25) is 0 Å². The van der Waals surface area contributed by atoms with Gasteiger partial charge in [-0.25, -0.2) is 9.79 Å². The second-order valence-corrected chi connectivity index (χ2v) is 6.50. The lowest BCUT2D eigenvalue weighted by atomic mass is 10.1. The number of benzene rings is 1. The Morgan fingerprint density at radius 2 is 2.00 bits per heavy atom. The zero-order chi connectivity index (χ0) is 17.6. The molecule has 1 aliphatic rings. The lowest BCUT2D eigenvalue weighted by Crippen LogP contribution is -2.47. The summed E-state index contributed by atoms with van der Waals surface area (Å²) in [6.07, 6.45) is -1.21. The number of nitrogens with zero attached hydrogens (tertiary/aromatic N) is 1. The normalized spacial score (nSPS) is 16.8.